The van der Waals surface area contributed by atoms with Crippen LogP contribution in [0.4, 0.5) is 11.5 Å². The molecule has 0 radical (unpaired) electrons. The minimum atomic E-state index is -2.89. The number of ether oxygens (including phenoxy) is 1. The maximum Gasteiger partial charge on any atom is 0.238 e. The minimum absolute atomic E-state index is 0.0826. The summed E-state index contributed by atoms with van der Waals surface area (Å²) in [5.41, 5.74) is 6.10. The number of nitrogen functional groups attached to an aromatic ring is 1. The molecular formula is C10H15N3O3S. The molecule has 2 heterocycles. The van der Waals surface area contributed by atoms with Crippen LogP contribution in [0, 0.1) is 0 Å². The van der Waals surface area contributed by atoms with Gasteiger partial charge in [0.15, 0.2) is 9.84 Å². The van der Waals surface area contributed by atoms with Crippen molar-refractivity contribution in [2.24, 2.45) is 0 Å². The third kappa shape index (κ3) is 2.79. The number of hydrogen-bond donors (Lipinski definition) is 2. The number of rotatable bonds is 3. The number of nitrogens with zero attached hydrogens (tertiary/aromatic N) is 1. The van der Waals surface area contributed by atoms with Gasteiger partial charge in [-0.05, 0) is 18.6 Å². The van der Waals surface area contributed by atoms with Gasteiger partial charge in [0.05, 0.1) is 24.3 Å². The Hall–Kier alpha value is -1.50. The fourth-order valence-corrected chi connectivity index (χ4v) is 3.49. The number of methoxy groups -OCH3 is 1. The van der Waals surface area contributed by atoms with Crippen LogP contribution in [-0.2, 0) is 9.84 Å². The number of pyridine rings is 1. The highest BCUT2D eigenvalue weighted by Crippen LogP contribution is 2.22. The largest absolute Gasteiger partial charge is 0.479 e. The molecule has 0 aliphatic carbocycles. The molecule has 0 aromatic carbocycles. The van der Waals surface area contributed by atoms with Gasteiger partial charge in [0.25, 0.3) is 0 Å². The second-order valence-corrected chi connectivity index (χ2v) is 6.27. The average Bonchev–Trinajstić information content (AvgIpc) is 2.61. The van der Waals surface area contributed by atoms with Crippen molar-refractivity contribution in [3.05, 3.63) is 12.1 Å². The third-order valence-electron chi connectivity index (χ3n) is 2.67. The predicted octanol–water partition coefficient (Wildman–Crippen LogP) is 0.271. The number of hydrogen-bond acceptors (Lipinski definition) is 6. The molecule has 1 unspecified atom stereocenters. The highest BCUT2D eigenvalue weighted by Gasteiger charge is 2.27. The van der Waals surface area contributed by atoms with Gasteiger partial charge in [-0.15, -0.1) is 0 Å². The zero-order chi connectivity index (χ0) is 12.5. The highest BCUT2D eigenvalue weighted by molar-refractivity contribution is 7.91. The van der Waals surface area contributed by atoms with Gasteiger partial charge in [0, 0.05) is 6.04 Å². The summed E-state index contributed by atoms with van der Waals surface area (Å²) in [5, 5.41) is 3.07. The Morgan fingerprint density at radius 2 is 2.29 bits per heavy atom. The van der Waals surface area contributed by atoms with Crippen LogP contribution in [0.25, 0.3) is 0 Å². The first kappa shape index (κ1) is 12.0. The van der Waals surface area contributed by atoms with Gasteiger partial charge >= 0.3 is 0 Å². The Morgan fingerprint density at radius 3 is 2.88 bits per heavy atom. The van der Waals surface area contributed by atoms with Gasteiger partial charge in [-0.1, -0.05) is 0 Å². The van der Waals surface area contributed by atoms with E-state index in [0.29, 0.717) is 23.8 Å². The smallest absolute Gasteiger partial charge is 0.238 e. The Labute approximate surface area is 100 Å². The summed E-state index contributed by atoms with van der Waals surface area (Å²) in [6, 6.07) is 3.31. The monoisotopic (exact) mass is 257 g/mol. The fraction of sp³-hybridized carbons (Fsp3) is 0.500. The predicted molar refractivity (Wildman–Crippen MR) is 65.9 cm³/mol. The lowest BCUT2D eigenvalue weighted by molar-refractivity contribution is 0.400. The first-order chi connectivity index (χ1) is 8.00. The summed E-state index contributed by atoms with van der Waals surface area (Å²) in [7, 11) is -1.40. The van der Waals surface area contributed by atoms with Crippen LogP contribution in [0.5, 0.6) is 5.88 Å². The topological polar surface area (TPSA) is 94.3 Å². The van der Waals surface area contributed by atoms with Gasteiger partial charge in [-0.2, -0.15) is 4.98 Å². The van der Waals surface area contributed by atoms with Gasteiger partial charge in [-0.3, -0.25) is 0 Å². The number of nitrogens with one attached hydrogen (secondary N) is 1. The maximum atomic E-state index is 11.3. The third-order valence-corrected chi connectivity index (χ3v) is 4.44. The second-order valence-electron chi connectivity index (χ2n) is 4.04. The Bertz CT molecular complexity index is 516. The number of sulfone groups is 1. The molecule has 0 amide bonds. The van der Waals surface area contributed by atoms with E-state index in [1.165, 1.54) is 7.11 Å². The molecule has 7 heteroatoms. The van der Waals surface area contributed by atoms with E-state index >= 15 is 0 Å². The summed E-state index contributed by atoms with van der Waals surface area (Å²) >= 11 is 0. The van der Waals surface area contributed by atoms with E-state index in [1.807, 2.05) is 0 Å². The summed E-state index contributed by atoms with van der Waals surface area (Å²) < 4.78 is 27.6. The van der Waals surface area contributed by atoms with Crippen molar-refractivity contribution < 1.29 is 13.2 Å². The lowest BCUT2D eigenvalue weighted by Crippen LogP contribution is -2.21. The summed E-state index contributed by atoms with van der Waals surface area (Å²) in [6.07, 6.45) is 0.608. The standard InChI is InChI=1S/C10H15N3O3S/c1-16-10-8(11)2-3-9(13-10)12-7-4-5-17(14,15)6-7/h2-3,7H,4-6,11H2,1H3,(H,12,13). The van der Waals surface area contributed by atoms with Gasteiger partial charge in [-0.25, -0.2) is 8.42 Å². The molecule has 1 fully saturated rings. The first-order valence-corrected chi connectivity index (χ1v) is 7.10. The van der Waals surface area contributed by atoms with E-state index in [-0.39, 0.29) is 17.5 Å². The molecule has 17 heavy (non-hydrogen) atoms. The van der Waals surface area contributed by atoms with E-state index in [9.17, 15) is 8.42 Å². The van der Waals surface area contributed by atoms with Crippen molar-refractivity contribution in [1.29, 1.82) is 0 Å². The van der Waals surface area contributed by atoms with Crippen molar-refractivity contribution in [2.75, 3.05) is 29.7 Å². The number of nitrogens with two attached hydrogens (primary N) is 1. The Kier molecular flexibility index (Phi) is 3.10. The fourth-order valence-electron chi connectivity index (χ4n) is 1.81. The highest BCUT2D eigenvalue weighted by atomic mass is 32.2. The second kappa shape index (κ2) is 4.40. The van der Waals surface area contributed by atoms with Crippen LogP contribution in [0.2, 0.25) is 0 Å². The summed E-state index contributed by atoms with van der Waals surface area (Å²) in [6.45, 7) is 0. The molecule has 0 spiro atoms. The molecule has 0 bridgehead atoms. The molecule has 1 aliphatic heterocycles. The molecule has 3 N–H and O–H groups in total. The zero-order valence-electron chi connectivity index (χ0n) is 9.51. The van der Waals surface area contributed by atoms with Gasteiger partial charge in [0.1, 0.15) is 5.82 Å². The maximum absolute atomic E-state index is 11.3. The van der Waals surface area contributed by atoms with E-state index in [2.05, 4.69) is 10.3 Å². The summed E-state index contributed by atoms with van der Waals surface area (Å²) in [5.74, 6) is 1.31. The van der Waals surface area contributed by atoms with Crippen LogP contribution in [0.1, 0.15) is 6.42 Å². The normalized spacial score (nSPS) is 22.3. The lowest BCUT2D eigenvalue weighted by atomic mass is 10.2. The molecule has 1 atom stereocenters. The first-order valence-electron chi connectivity index (χ1n) is 5.27. The SMILES string of the molecule is COc1nc(NC2CCS(=O)(=O)C2)ccc1N. The van der Waals surface area contributed by atoms with Gasteiger partial charge < -0.3 is 15.8 Å². The summed E-state index contributed by atoms with van der Waals surface area (Å²) in [4.78, 5) is 4.15. The Balaban J connectivity index is 2.09. The van der Waals surface area contributed by atoms with E-state index in [4.69, 9.17) is 10.5 Å². The molecule has 6 nitrogen and oxygen atoms in total. The molecule has 1 saturated heterocycles. The molecule has 94 valence electrons. The van der Waals surface area contributed by atoms with E-state index in [0.717, 1.165) is 0 Å². The van der Waals surface area contributed by atoms with Crippen molar-refractivity contribution in [3.63, 3.8) is 0 Å². The van der Waals surface area contributed by atoms with Crippen LogP contribution in [0.15, 0.2) is 12.1 Å². The quantitative estimate of drug-likeness (QED) is 0.807. The molecule has 1 aromatic heterocycles. The molecule has 1 aromatic rings. The van der Waals surface area contributed by atoms with E-state index < -0.39 is 9.84 Å². The van der Waals surface area contributed by atoms with Crippen molar-refractivity contribution in [3.8, 4) is 5.88 Å². The molecule has 2 rings (SSSR count). The van der Waals surface area contributed by atoms with Crippen LogP contribution in [0.3, 0.4) is 0 Å². The molecular weight excluding hydrogens is 242 g/mol. The van der Waals surface area contributed by atoms with Gasteiger partial charge in [0.2, 0.25) is 5.88 Å². The van der Waals surface area contributed by atoms with Crippen molar-refractivity contribution in [2.45, 2.75) is 12.5 Å². The van der Waals surface area contributed by atoms with Crippen LogP contribution >= 0.6 is 0 Å². The zero-order valence-corrected chi connectivity index (χ0v) is 10.3. The number of aromatic nitrogens is 1. The van der Waals surface area contributed by atoms with Crippen molar-refractivity contribution in [1.82, 2.24) is 4.98 Å². The Morgan fingerprint density at radius 1 is 1.53 bits per heavy atom. The van der Waals surface area contributed by atoms with Crippen molar-refractivity contribution >= 4 is 21.3 Å². The van der Waals surface area contributed by atoms with Crippen LogP contribution < -0.4 is 15.8 Å². The number of anilines is 2. The van der Waals surface area contributed by atoms with Crippen LogP contribution in [-0.4, -0.2) is 38.1 Å². The lowest BCUT2D eigenvalue weighted by Gasteiger charge is -2.12. The molecule has 1 aliphatic rings. The molecule has 0 saturated carbocycles. The van der Waals surface area contributed by atoms with E-state index in [1.54, 1.807) is 12.1 Å². The minimum Gasteiger partial charge on any atom is -0.479 e. The average molecular weight is 257 g/mol.